The Labute approximate surface area is 105 Å². The molecule has 1 aromatic carbocycles. The summed E-state index contributed by atoms with van der Waals surface area (Å²) in [6.07, 6.45) is 3.19. The molecule has 1 fully saturated rings. The van der Waals surface area contributed by atoms with Crippen LogP contribution in [0.4, 0.5) is 0 Å². The summed E-state index contributed by atoms with van der Waals surface area (Å²) >= 11 is 1.72. The van der Waals surface area contributed by atoms with Gasteiger partial charge in [-0.05, 0) is 18.9 Å². The van der Waals surface area contributed by atoms with Crippen LogP contribution in [0.25, 0.3) is 0 Å². The van der Waals surface area contributed by atoms with E-state index in [0.29, 0.717) is 18.6 Å². The van der Waals surface area contributed by atoms with Crippen LogP contribution in [0, 0.1) is 5.92 Å². The molecule has 0 amide bonds. The molecule has 2 unspecified atom stereocenters. The quantitative estimate of drug-likeness (QED) is 0.763. The maximum Gasteiger partial charge on any atom is 0.165 e. The van der Waals surface area contributed by atoms with Crippen LogP contribution in [-0.2, 0) is 4.79 Å². The minimum atomic E-state index is 0.109. The molecule has 1 aliphatic heterocycles. The molecule has 0 N–H and O–H groups in total. The van der Waals surface area contributed by atoms with Gasteiger partial charge < -0.3 is 0 Å². The van der Waals surface area contributed by atoms with Gasteiger partial charge in [-0.3, -0.25) is 9.59 Å². The number of ketones is 2. The zero-order chi connectivity index (χ0) is 11.8. The molecule has 3 heteroatoms. The highest BCUT2D eigenvalue weighted by Crippen LogP contribution is 2.42. The minimum Gasteiger partial charge on any atom is -0.299 e. The highest BCUT2D eigenvalue weighted by Gasteiger charge is 2.37. The number of Topliss-reactive ketones (excluding diaryl/α,β-unsaturated/α-hetero) is 2. The first-order chi connectivity index (χ1) is 8.25. The first kappa shape index (κ1) is 11.0. The largest absolute Gasteiger partial charge is 0.299 e. The van der Waals surface area contributed by atoms with E-state index < -0.39 is 0 Å². The monoisotopic (exact) mass is 246 g/mol. The molecule has 0 radical (unpaired) electrons. The van der Waals surface area contributed by atoms with Crippen molar-refractivity contribution < 1.29 is 9.59 Å². The molecule has 3 rings (SSSR count). The van der Waals surface area contributed by atoms with Crippen molar-refractivity contribution in [2.75, 3.05) is 0 Å². The summed E-state index contributed by atoms with van der Waals surface area (Å²) in [5.74, 6) is 0.663. The number of benzene rings is 1. The maximum absolute atomic E-state index is 12.0. The second kappa shape index (κ2) is 4.30. The van der Waals surface area contributed by atoms with E-state index in [-0.39, 0.29) is 17.0 Å². The summed E-state index contributed by atoms with van der Waals surface area (Å²) in [5.41, 5.74) is 0.833. The first-order valence-corrected chi connectivity index (χ1v) is 6.95. The van der Waals surface area contributed by atoms with Crippen molar-refractivity contribution in [3.8, 4) is 0 Å². The van der Waals surface area contributed by atoms with Crippen LogP contribution in [0.1, 0.15) is 36.0 Å². The van der Waals surface area contributed by atoms with Crippen molar-refractivity contribution in [1.82, 2.24) is 0 Å². The summed E-state index contributed by atoms with van der Waals surface area (Å²) in [4.78, 5) is 24.9. The summed E-state index contributed by atoms with van der Waals surface area (Å²) < 4.78 is 0. The molecule has 2 nitrogen and oxygen atoms in total. The number of fused-ring (bicyclic) bond motifs is 1. The Balaban J connectivity index is 1.88. The van der Waals surface area contributed by atoms with Crippen LogP contribution in [0.15, 0.2) is 29.2 Å². The molecular formula is C14H14O2S. The van der Waals surface area contributed by atoms with Crippen molar-refractivity contribution in [3.05, 3.63) is 29.8 Å². The molecule has 1 aliphatic carbocycles. The molecule has 2 aliphatic rings. The van der Waals surface area contributed by atoms with E-state index in [2.05, 4.69) is 0 Å². The Kier molecular flexibility index (Phi) is 2.79. The minimum absolute atomic E-state index is 0.109. The van der Waals surface area contributed by atoms with Gasteiger partial charge in [0, 0.05) is 34.5 Å². The molecule has 2 atom stereocenters. The number of thioether (sulfide) groups is 1. The van der Waals surface area contributed by atoms with Gasteiger partial charge in [0.2, 0.25) is 0 Å². The van der Waals surface area contributed by atoms with Gasteiger partial charge in [-0.1, -0.05) is 18.2 Å². The van der Waals surface area contributed by atoms with Gasteiger partial charge in [-0.15, -0.1) is 11.8 Å². The van der Waals surface area contributed by atoms with Gasteiger partial charge in [-0.2, -0.15) is 0 Å². The smallest absolute Gasteiger partial charge is 0.165 e. The zero-order valence-corrected chi connectivity index (χ0v) is 10.3. The molecule has 0 aromatic heterocycles. The van der Waals surface area contributed by atoms with Gasteiger partial charge in [0.05, 0.1) is 0 Å². The molecule has 0 spiro atoms. The molecule has 88 valence electrons. The number of rotatable bonds is 1. The number of hydrogen-bond donors (Lipinski definition) is 0. The lowest BCUT2D eigenvalue weighted by atomic mass is 9.95. The maximum atomic E-state index is 12.0. The van der Waals surface area contributed by atoms with E-state index >= 15 is 0 Å². The Morgan fingerprint density at radius 1 is 1.18 bits per heavy atom. The third-order valence-electron chi connectivity index (χ3n) is 3.65. The average Bonchev–Trinajstić information content (AvgIpc) is 2.75. The lowest BCUT2D eigenvalue weighted by molar-refractivity contribution is -0.120. The van der Waals surface area contributed by atoms with Crippen LogP contribution >= 0.6 is 11.8 Å². The van der Waals surface area contributed by atoms with E-state index in [4.69, 9.17) is 0 Å². The summed E-state index contributed by atoms with van der Waals surface area (Å²) in [5, 5.41) is 0.174. The standard InChI is InChI=1S/C14H14O2S/c15-11-6-3-5-9(11)14-8-12(16)10-4-1-2-7-13(10)17-14/h1-2,4,7,9,14H,3,5-6,8H2. The van der Waals surface area contributed by atoms with E-state index in [1.165, 1.54) is 0 Å². The lowest BCUT2D eigenvalue weighted by Crippen LogP contribution is -2.27. The van der Waals surface area contributed by atoms with Crippen molar-refractivity contribution in [1.29, 1.82) is 0 Å². The van der Waals surface area contributed by atoms with E-state index in [9.17, 15) is 9.59 Å². The normalized spacial score (nSPS) is 28.2. The Hall–Kier alpha value is -1.09. The van der Waals surface area contributed by atoms with Crippen molar-refractivity contribution in [2.45, 2.75) is 35.8 Å². The Morgan fingerprint density at radius 3 is 2.76 bits per heavy atom. The second-order valence-electron chi connectivity index (χ2n) is 4.74. The Bertz CT molecular complexity index is 481. The van der Waals surface area contributed by atoms with E-state index in [0.717, 1.165) is 23.3 Å². The third kappa shape index (κ3) is 1.93. The number of carbonyl (C=O) groups excluding carboxylic acids is 2. The Morgan fingerprint density at radius 2 is 2.00 bits per heavy atom. The second-order valence-corrected chi connectivity index (χ2v) is 6.03. The van der Waals surface area contributed by atoms with Crippen LogP contribution in [-0.4, -0.2) is 16.8 Å². The molecule has 17 heavy (non-hydrogen) atoms. The van der Waals surface area contributed by atoms with Gasteiger partial charge in [0.1, 0.15) is 5.78 Å². The SMILES string of the molecule is O=C1CC(C2CCCC2=O)Sc2ccccc21. The summed E-state index contributed by atoms with van der Waals surface area (Å²) in [7, 11) is 0. The van der Waals surface area contributed by atoms with Crippen molar-refractivity contribution in [2.24, 2.45) is 5.92 Å². The fourth-order valence-corrected chi connectivity index (χ4v) is 4.24. The molecule has 1 heterocycles. The van der Waals surface area contributed by atoms with E-state index in [1.807, 2.05) is 24.3 Å². The highest BCUT2D eigenvalue weighted by atomic mass is 32.2. The summed E-state index contributed by atoms with van der Waals surface area (Å²) in [6.45, 7) is 0. The predicted molar refractivity (Wildman–Crippen MR) is 67.4 cm³/mol. The fourth-order valence-electron chi connectivity index (χ4n) is 2.76. The zero-order valence-electron chi connectivity index (χ0n) is 9.52. The lowest BCUT2D eigenvalue weighted by Gasteiger charge is -2.26. The van der Waals surface area contributed by atoms with Crippen LogP contribution in [0.5, 0.6) is 0 Å². The number of carbonyl (C=O) groups is 2. The van der Waals surface area contributed by atoms with Gasteiger partial charge in [0.25, 0.3) is 0 Å². The van der Waals surface area contributed by atoms with E-state index in [1.54, 1.807) is 11.8 Å². The first-order valence-electron chi connectivity index (χ1n) is 6.07. The predicted octanol–water partition coefficient (Wildman–Crippen LogP) is 3.10. The molecule has 1 saturated carbocycles. The molecule has 1 aromatic rings. The average molecular weight is 246 g/mol. The third-order valence-corrected chi connectivity index (χ3v) is 5.06. The van der Waals surface area contributed by atoms with Crippen LogP contribution in [0.3, 0.4) is 0 Å². The molecule has 0 bridgehead atoms. The van der Waals surface area contributed by atoms with Gasteiger partial charge in [0.15, 0.2) is 5.78 Å². The number of hydrogen-bond acceptors (Lipinski definition) is 3. The highest BCUT2D eigenvalue weighted by molar-refractivity contribution is 8.00. The summed E-state index contributed by atoms with van der Waals surface area (Å²) in [6, 6.07) is 7.73. The molecule has 0 saturated heterocycles. The topological polar surface area (TPSA) is 34.1 Å². The van der Waals surface area contributed by atoms with Crippen LogP contribution < -0.4 is 0 Å². The van der Waals surface area contributed by atoms with Gasteiger partial charge in [-0.25, -0.2) is 0 Å². The fraction of sp³-hybridized carbons (Fsp3) is 0.429. The van der Waals surface area contributed by atoms with Crippen LogP contribution in [0.2, 0.25) is 0 Å². The van der Waals surface area contributed by atoms with Gasteiger partial charge >= 0.3 is 0 Å². The van der Waals surface area contributed by atoms with Crippen molar-refractivity contribution >= 4 is 23.3 Å². The van der Waals surface area contributed by atoms with Crippen molar-refractivity contribution in [3.63, 3.8) is 0 Å². The molecular weight excluding hydrogens is 232 g/mol.